The fourth-order valence-corrected chi connectivity index (χ4v) is 1.61. The van der Waals surface area contributed by atoms with Crippen molar-refractivity contribution in [2.45, 2.75) is 25.8 Å². The van der Waals surface area contributed by atoms with Crippen molar-refractivity contribution in [1.82, 2.24) is 5.32 Å². The van der Waals surface area contributed by atoms with Crippen molar-refractivity contribution in [3.05, 3.63) is 29.8 Å². The number of hydrogen-bond acceptors (Lipinski definition) is 4. The van der Waals surface area contributed by atoms with Crippen LogP contribution in [0.5, 0.6) is 5.75 Å². The van der Waals surface area contributed by atoms with E-state index >= 15 is 0 Å². The summed E-state index contributed by atoms with van der Waals surface area (Å²) in [6.45, 7) is 2.24. The average molecular weight is 281 g/mol. The smallest absolute Gasteiger partial charge is 0.326 e. The molecule has 0 heterocycles. The van der Waals surface area contributed by atoms with Crippen molar-refractivity contribution in [2.75, 3.05) is 13.2 Å². The predicted molar refractivity (Wildman–Crippen MR) is 72.5 cm³/mol. The van der Waals surface area contributed by atoms with Crippen molar-refractivity contribution in [3.63, 3.8) is 0 Å². The molecule has 1 amide bonds. The van der Waals surface area contributed by atoms with Crippen LogP contribution in [0.15, 0.2) is 24.3 Å². The number of benzene rings is 1. The Kier molecular flexibility index (Phi) is 6.52. The molecule has 20 heavy (non-hydrogen) atoms. The maximum absolute atomic E-state index is 11.5. The van der Waals surface area contributed by atoms with E-state index in [4.69, 9.17) is 14.9 Å². The fraction of sp³-hybridized carbons (Fsp3) is 0.429. The van der Waals surface area contributed by atoms with Gasteiger partial charge in [0, 0.05) is 13.0 Å². The first-order valence-corrected chi connectivity index (χ1v) is 6.40. The summed E-state index contributed by atoms with van der Waals surface area (Å²) in [5, 5.41) is 20.7. The van der Waals surface area contributed by atoms with Gasteiger partial charge in [-0.05, 0) is 24.1 Å². The molecule has 6 nitrogen and oxygen atoms in total. The highest BCUT2D eigenvalue weighted by atomic mass is 16.5. The summed E-state index contributed by atoms with van der Waals surface area (Å²) in [6.07, 6.45) is 0.943. The molecule has 0 unspecified atom stereocenters. The molecule has 1 rings (SSSR count). The molecule has 0 spiro atoms. The SMILES string of the molecule is CCCOCC(=O)N[C@H](Cc1ccc(O)cc1)C(=O)O. The Morgan fingerprint density at radius 2 is 1.95 bits per heavy atom. The molecule has 6 heteroatoms. The van der Waals surface area contributed by atoms with Crippen LogP contribution in [0, 0.1) is 0 Å². The number of nitrogens with one attached hydrogen (secondary N) is 1. The Morgan fingerprint density at radius 3 is 2.50 bits per heavy atom. The summed E-state index contributed by atoms with van der Waals surface area (Å²) in [5.41, 5.74) is 0.713. The summed E-state index contributed by atoms with van der Waals surface area (Å²) < 4.78 is 5.05. The molecule has 110 valence electrons. The third-order valence-corrected chi connectivity index (χ3v) is 2.59. The van der Waals surface area contributed by atoms with Gasteiger partial charge in [0.1, 0.15) is 18.4 Å². The molecule has 3 N–H and O–H groups in total. The van der Waals surface area contributed by atoms with Gasteiger partial charge in [0.05, 0.1) is 0 Å². The second-order valence-electron chi connectivity index (χ2n) is 4.38. The minimum absolute atomic E-state index is 0.109. The van der Waals surface area contributed by atoms with E-state index in [0.29, 0.717) is 12.2 Å². The van der Waals surface area contributed by atoms with E-state index in [1.807, 2.05) is 6.92 Å². The Bertz CT molecular complexity index is 443. The fourth-order valence-electron chi connectivity index (χ4n) is 1.61. The lowest BCUT2D eigenvalue weighted by molar-refractivity contribution is -0.142. The van der Waals surface area contributed by atoms with Crippen molar-refractivity contribution >= 4 is 11.9 Å². The molecule has 0 aliphatic rings. The van der Waals surface area contributed by atoms with Gasteiger partial charge in [-0.1, -0.05) is 19.1 Å². The number of hydrogen-bond donors (Lipinski definition) is 3. The van der Waals surface area contributed by atoms with E-state index < -0.39 is 17.9 Å². The van der Waals surface area contributed by atoms with Crippen LogP contribution in [0.4, 0.5) is 0 Å². The lowest BCUT2D eigenvalue weighted by atomic mass is 10.1. The van der Waals surface area contributed by atoms with Crippen molar-refractivity contribution in [1.29, 1.82) is 0 Å². The summed E-state index contributed by atoms with van der Waals surface area (Å²) in [6, 6.07) is 5.16. The highest BCUT2D eigenvalue weighted by Gasteiger charge is 2.20. The number of amides is 1. The molecule has 0 aromatic heterocycles. The number of phenolic OH excluding ortho intramolecular Hbond substituents is 1. The largest absolute Gasteiger partial charge is 0.508 e. The lowest BCUT2D eigenvalue weighted by Gasteiger charge is -2.14. The van der Waals surface area contributed by atoms with Gasteiger partial charge in [-0.2, -0.15) is 0 Å². The zero-order chi connectivity index (χ0) is 15.0. The van der Waals surface area contributed by atoms with Crippen LogP contribution < -0.4 is 5.32 Å². The minimum atomic E-state index is -1.11. The molecule has 1 atom stereocenters. The molecule has 0 aliphatic heterocycles. The number of aromatic hydroxyl groups is 1. The Balaban J connectivity index is 2.54. The molecule has 0 bridgehead atoms. The highest BCUT2D eigenvalue weighted by Crippen LogP contribution is 2.11. The van der Waals surface area contributed by atoms with Crippen LogP contribution >= 0.6 is 0 Å². The molecule has 0 saturated heterocycles. The van der Waals surface area contributed by atoms with Crippen molar-refractivity contribution < 1.29 is 24.5 Å². The summed E-state index contributed by atoms with van der Waals surface area (Å²) in [5.74, 6) is -1.45. The minimum Gasteiger partial charge on any atom is -0.508 e. The average Bonchev–Trinajstić information content (AvgIpc) is 2.40. The van der Waals surface area contributed by atoms with Crippen LogP contribution in [0.1, 0.15) is 18.9 Å². The second kappa shape index (κ2) is 8.16. The summed E-state index contributed by atoms with van der Waals surface area (Å²) in [7, 11) is 0. The van der Waals surface area contributed by atoms with E-state index in [-0.39, 0.29) is 18.8 Å². The van der Waals surface area contributed by atoms with Crippen molar-refractivity contribution in [2.24, 2.45) is 0 Å². The van der Waals surface area contributed by atoms with E-state index in [1.165, 1.54) is 12.1 Å². The summed E-state index contributed by atoms with van der Waals surface area (Å²) in [4.78, 5) is 22.7. The van der Waals surface area contributed by atoms with Gasteiger partial charge in [-0.3, -0.25) is 4.79 Å². The Morgan fingerprint density at radius 1 is 1.30 bits per heavy atom. The quantitative estimate of drug-likeness (QED) is 0.616. The maximum Gasteiger partial charge on any atom is 0.326 e. The number of carboxylic acid groups (broad SMARTS) is 1. The molecule has 0 saturated carbocycles. The van der Waals surface area contributed by atoms with Gasteiger partial charge in [0.15, 0.2) is 0 Å². The van der Waals surface area contributed by atoms with Crippen LogP contribution in [-0.2, 0) is 20.7 Å². The van der Waals surface area contributed by atoms with Crippen molar-refractivity contribution in [3.8, 4) is 5.75 Å². The van der Waals surface area contributed by atoms with Crippen LogP contribution in [0.25, 0.3) is 0 Å². The Hall–Kier alpha value is -2.08. The van der Waals surface area contributed by atoms with Crippen LogP contribution in [-0.4, -0.2) is 41.3 Å². The third-order valence-electron chi connectivity index (χ3n) is 2.59. The number of aliphatic carboxylic acids is 1. The van der Waals surface area contributed by atoms with E-state index in [1.54, 1.807) is 12.1 Å². The number of ether oxygens (including phenoxy) is 1. The molecule has 0 aliphatic carbocycles. The zero-order valence-electron chi connectivity index (χ0n) is 11.3. The highest BCUT2D eigenvalue weighted by molar-refractivity contribution is 5.84. The van der Waals surface area contributed by atoms with E-state index in [2.05, 4.69) is 5.32 Å². The number of rotatable bonds is 8. The lowest BCUT2D eigenvalue weighted by Crippen LogP contribution is -2.43. The molecule has 1 aromatic rings. The van der Waals surface area contributed by atoms with Gasteiger partial charge >= 0.3 is 5.97 Å². The molecule has 1 aromatic carbocycles. The number of carbonyl (C=O) groups is 2. The molecule has 0 fully saturated rings. The normalized spacial score (nSPS) is 11.8. The molecular formula is C14H19NO5. The van der Waals surface area contributed by atoms with Crippen LogP contribution in [0.2, 0.25) is 0 Å². The summed E-state index contributed by atoms with van der Waals surface area (Å²) >= 11 is 0. The van der Waals surface area contributed by atoms with Gasteiger partial charge < -0.3 is 20.3 Å². The second-order valence-corrected chi connectivity index (χ2v) is 4.38. The topological polar surface area (TPSA) is 95.9 Å². The molecular weight excluding hydrogens is 262 g/mol. The standard InChI is InChI=1S/C14H19NO5/c1-2-7-20-9-13(17)15-12(14(18)19)8-10-3-5-11(16)6-4-10/h3-6,12,16H,2,7-9H2,1H3,(H,15,17)(H,18,19)/t12-/m1/s1. The number of phenols is 1. The maximum atomic E-state index is 11.5. The first-order valence-electron chi connectivity index (χ1n) is 6.40. The first-order chi connectivity index (χ1) is 9.52. The monoisotopic (exact) mass is 281 g/mol. The third kappa shape index (κ3) is 5.71. The molecule has 0 radical (unpaired) electrons. The van der Waals surface area contributed by atoms with E-state index in [0.717, 1.165) is 6.42 Å². The van der Waals surface area contributed by atoms with Crippen LogP contribution in [0.3, 0.4) is 0 Å². The van der Waals surface area contributed by atoms with Gasteiger partial charge in [-0.15, -0.1) is 0 Å². The number of carboxylic acids is 1. The first kappa shape index (κ1) is 16.0. The van der Waals surface area contributed by atoms with Gasteiger partial charge in [0.25, 0.3) is 0 Å². The Labute approximate surface area is 117 Å². The predicted octanol–water partition coefficient (Wildman–Crippen LogP) is 0.931. The van der Waals surface area contributed by atoms with E-state index in [9.17, 15) is 9.59 Å². The zero-order valence-corrected chi connectivity index (χ0v) is 11.3. The van der Waals surface area contributed by atoms with Gasteiger partial charge in [-0.25, -0.2) is 4.79 Å². The number of carbonyl (C=O) groups excluding carboxylic acids is 1. The van der Waals surface area contributed by atoms with Gasteiger partial charge in [0.2, 0.25) is 5.91 Å².